The minimum atomic E-state index is -3.49. The van der Waals surface area contributed by atoms with E-state index in [4.69, 9.17) is 11.6 Å². The highest BCUT2D eigenvalue weighted by atomic mass is 35.5. The summed E-state index contributed by atoms with van der Waals surface area (Å²) in [5.74, 6) is -0.170. The molecule has 0 spiro atoms. The number of hydrogen-bond donors (Lipinski definition) is 0. The Morgan fingerprint density at radius 3 is 2.42 bits per heavy atom. The number of carbonyl (C=O) groups is 1. The molecule has 0 aromatic carbocycles. The number of nitrogens with zero attached hydrogens (tertiary/aromatic N) is 2. The number of piperazine rings is 1. The minimum absolute atomic E-state index is 0.170. The summed E-state index contributed by atoms with van der Waals surface area (Å²) in [5.41, 5.74) is 0. The molecule has 1 aliphatic heterocycles. The van der Waals surface area contributed by atoms with Gasteiger partial charge in [-0.05, 0) is 18.2 Å². The molecule has 104 valence electrons. The van der Waals surface area contributed by atoms with E-state index in [0.717, 1.165) is 11.3 Å². The fourth-order valence-corrected chi connectivity index (χ4v) is 4.90. The van der Waals surface area contributed by atoms with Gasteiger partial charge < -0.3 is 4.90 Å². The van der Waals surface area contributed by atoms with Crippen LogP contribution in [0.1, 0.15) is 0 Å². The van der Waals surface area contributed by atoms with Crippen LogP contribution >= 0.6 is 22.9 Å². The molecule has 0 radical (unpaired) electrons. The van der Waals surface area contributed by atoms with Gasteiger partial charge in [-0.15, -0.1) is 11.3 Å². The van der Waals surface area contributed by atoms with Crippen molar-refractivity contribution >= 4 is 38.9 Å². The SMILES string of the molecule is C=CC(=O)N1CCN(S(=O)(=O)c2ccc(Cl)s2)CC1. The second-order valence-corrected chi connectivity index (χ2v) is 7.87. The molecule has 1 amide bonds. The average molecular weight is 321 g/mol. The van der Waals surface area contributed by atoms with Gasteiger partial charge in [0, 0.05) is 26.2 Å². The third-order valence-corrected chi connectivity index (χ3v) is 6.46. The third kappa shape index (κ3) is 3.00. The number of hydrogen-bond acceptors (Lipinski definition) is 4. The first-order valence-corrected chi connectivity index (χ1v) is 8.25. The topological polar surface area (TPSA) is 57.7 Å². The summed E-state index contributed by atoms with van der Waals surface area (Å²) in [6.07, 6.45) is 1.24. The second kappa shape index (κ2) is 5.62. The molecular weight excluding hydrogens is 308 g/mol. The Kier molecular flexibility index (Phi) is 4.29. The lowest BCUT2D eigenvalue weighted by Crippen LogP contribution is -2.49. The summed E-state index contributed by atoms with van der Waals surface area (Å²) in [7, 11) is -3.49. The normalized spacial score (nSPS) is 17.4. The van der Waals surface area contributed by atoms with Crippen LogP contribution < -0.4 is 0 Å². The van der Waals surface area contributed by atoms with E-state index in [-0.39, 0.29) is 23.2 Å². The lowest BCUT2D eigenvalue weighted by atomic mass is 10.3. The maximum absolute atomic E-state index is 12.3. The van der Waals surface area contributed by atoms with E-state index in [1.54, 1.807) is 11.0 Å². The molecular formula is C11H13ClN2O3S2. The van der Waals surface area contributed by atoms with E-state index in [1.807, 2.05) is 0 Å². The van der Waals surface area contributed by atoms with Crippen LogP contribution in [0.5, 0.6) is 0 Å². The van der Waals surface area contributed by atoms with Crippen molar-refractivity contribution in [3.8, 4) is 0 Å². The molecule has 1 aliphatic rings. The molecule has 0 saturated carbocycles. The van der Waals surface area contributed by atoms with Crippen molar-refractivity contribution in [1.29, 1.82) is 0 Å². The molecule has 0 bridgehead atoms. The highest BCUT2D eigenvalue weighted by Gasteiger charge is 2.30. The van der Waals surface area contributed by atoms with E-state index in [1.165, 1.54) is 16.4 Å². The standard InChI is InChI=1S/C11H13ClN2O3S2/c1-2-10(15)13-5-7-14(8-6-13)19(16,17)11-4-3-9(12)18-11/h2-4H,1,5-8H2. The van der Waals surface area contributed by atoms with Crippen LogP contribution in [0.3, 0.4) is 0 Å². The Hall–Kier alpha value is -0.890. The van der Waals surface area contributed by atoms with Gasteiger partial charge in [-0.1, -0.05) is 18.2 Å². The molecule has 1 fully saturated rings. The maximum Gasteiger partial charge on any atom is 0.252 e. The lowest BCUT2D eigenvalue weighted by molar-refractivity contribution is -0.127. The zero-order valence-corrected chi connectivity index (χ0v) is 12.5. The minimum Gasteiger partial charge on any atom is -0.337 e. The van der Waals surface area contributed by atoms with Crippen LogP contribution in [0.2, 0.25) is 4.34 Å². The Labute approximate surface area is 121 Å². The molecule has 2 rings (SSSR count). The average Bonchev–Trinajstić information content (AvgIpc) is 2.85. The van der Waals surface area contributed by atoms with Crippen molar-refractivity contribution in [1.82, 2.24) is 9.21 Å². The molecule has 1 aromatic rings. The van der Waals surface area contributed by atoms with Gasteiger partial charge in [0.2, 0.25) is 5.91 Å². The largest absolute Gasteiger partial charge is 0.337 e. The molecule has 0 N–H and O–H groups in total. The molecule has 0 unspecified atom stereocenters. The summed E-state index contributed by atoms with van der Waals surface area (Å²) in [6.45, 7) is 4.75. The number of thiophene rings is 1. The zero-order valence-electron chi connectivity index (χ0n) is 10.1. The number of sulfonamides is 1. The van der Waals surface area contributed by atoms with Crippen molar-refractivity contribution in [2.45, 2.75) is 4.21 Å². The molecule has 8 heteroatoms. The summed E-state index contributed by atoms with van der Waals surface area (Å²) in [5, 5.41) is 0. The number of carbonyl (C=O) groups excluding carboxylic acids is 1. The third-order valence-electron chi connectivity index (χ3n) is 2.87. The molecule has 1 aromatic heterocycles. The highest BCUT2D eigenvalue weighted by molar-refractivity contribution is 7.91. The van der Waals surface area contributed by atoms with Crippen molar-refractivity contribution in [2.24, 2.45) is 0 Å². The van der Waals surface area contributed by atoms with Crippen molar-refractivity contribution in [3.63, 3.8) is 0 Å². The van der Waals surface area contributed by atoms with Gasteiger partial charge in [0.25, 0.3) is 10.0 Å². The maximum atomic E-state index is 12.3. The Morgan fingerprint density at radius 1 is 1.32 bits per heavy atom. The van der Waals surface area contributed by atoms with Crippen LogP contribution in [0.4, 0.5) is 0 Å². The fraction of sp³-hybridized carbons (Fsp3) is 0.364. The van der Waals surface area contributed by atoms with E-state index >= 15 is 0 Å². The van der Waals surface area contributed by atoms with Crippen molar-refractivity contribution in [3.05, 3.63) is 29.1 Å². The molecule has 19 heavy (non-hydrogen) atoms. The number of halogens is 1. The van der Waals surface area contributed by atoms with Gasteiger partial charge >= 0.3 is 0 Å². The van der Waals surface area contributed by atoms with Gasteiger partial charge in [0.05, 0.1) is 4.34 Å². The van der Waals surface area contributed by atoms with E-state index in [9.17, 15) is 13.2 Å². The van der Waals surface area contributed by atoms with Gasteiger partial charge in [-0.3, -0.25) is 4.79 Å². The fourth-order valence-electron chi connectivity index (χ4n) is 1.84. The summed E-state index contributed by atoms with van der Waals surface area (Å²) < 4.78 is 26.7. The van der Waals surface area contributed by atoms with Crippen molar-refractivity contribution in [2.75, 3.05) is 26.2 Å². The molecule has 0 aliphatic carbocycles. The quantitative estimate of drug-likeness (QED) is 0.791. The van der Waals surface area contributed by atoms with Gasteiger partial charge in [0.15, 0.2) is 0 Å². The molecule has 1 saturated heterocycles. The van der Waals surface area contributed by atoms with Crippen LogP contribution in [0, 0.1) is 0 Å². The molecule has 2 heterocycles. The van der Waals surface area contributed by atoms with E-state index in [2.05, 4.69) is 6.58 Å². The van der Waals surface area contributed by atoms with Crippen LogP contribution in [0.15, 0.2) is 29.0 Å². The number of amides is 1. The first kappa shape index (κ1) is 14.5. The summed E-state index contributed by atoms with van der Waals surface area (Å²) in [6, 6.07) is 3.07. The zero-order chi connectivity index (χ0) is 14.0. The summed E-state index contributed by atoms with van der Waals surface area (Å²) in [4.78, 5) is 13.0. The summed E-state index contributed by atoms with van der Waals surface area (Å²) >= 11 is 6.80. The Morgan fingerprint density at radius 2 is 1.95 bits per heavy atom. The van der Waals surface area contributed by atoms with Crippen LogP contribution in [0.25, 0.3) is 0 Å². The predicted molar refractivity (Wildman–Crippen MR) is 74.9 cm³/mol. The molecule has 5 nitrogen and oxygen atoms in total. The Bertz CT molecular complexity index is 589. The van der Waals surface area contributed by atoms with Gasteiger partial charge in [-0.25, -0.2) is 8.42 Å². The van der Waals surface area contributed by atoms with Gasteiger partial charge in [-0.2, -0.15) is 4.31 Å². The Balaban J connectivity index is 2.09. The molecule has 0 atom stereocenters. The van der Waals surface area contributed by atoms with Crippen molar-refractivity contribution < 1.29 is 13.2 Å². The predicted octanol–water partition coefficient (Wildman–Crippen LogP) is 1.42. The second-order valence-electron chi connectivity index (χ2n) is 3.99. The first-order valence-electron chi connectivity index (χ1n) is 5.62. The van der Waals surface area contributed by atoms with Crippen LogP contribution in [-0.4, -0.2) is 49.7 Å². The smallest absolute Gasteiger partial charge is 0.252 e. The lowest BCUT2D eigenvalue weighted by Gasteiger charge is -2.33. The van der Waals surface area contributed by atoms with E-state index in [0.29, 0.717) is 17.4 Å². The monoisotopic (exact) mass is 320 g/mol. The first-order chi connectivity index (χ1) is 8.95. The van der Waals surface area contributed by atoms with Crippen LogP contribution in [-0.2, 0) is 14.8 Å². The van der Waals surface area contributed by atoms with E-state index < -0.39 is 10.0 Å². The highest BCUT2D eigenvalue weighted by Crippen LogP contribution is 2.28. The number of rotatable bonds is 3. The van der Waals surface area contributed by atoms with Gasteiger partial charge in [0.1, 0.15) is 4.21 Å².